The molecule has 6 rings (SSSR count). The van der Waals surface area contributed by atoms with Crippen LogP contribution in [0.1, 0.15) is 30.6 Å². The Morgan fingerprint density at radius 3 is 2.67 bits per heavy atom. The molecule has 3 aliphatic heterocycles. The van der Waals surface area contributed by atoms with Crippen LogP contribution in [0.25, 0.3) is 11.6 Å². The van der Waals surface area contributed by atoms with Gasteiger partial charge in [-0.15, -0.1) is 0 Å². The Morgan fingerprint density at radius 2 is 1.94 bits per heavy atom. The highest BCUT2D eigenvalue weighted by Crippen LogP contribution is 2.41. The summed E-state index contributed by atoms with van der Waals surface area (Å²) in [5.41, 5.74) is 2.29. The first-order valence-electron chi connectivity index (χ1n) is 11.0. The molecule has 3 aromatic rings. The molecule has 0 N–H and O–H groups in total. The molecule has 2 fully saturated rings. The summed E-state index contributed by atoms with van der Waals surface area (Å²) in [7, 11) is 0. The van der Waals surface area contributed by atoms with E-state index in [1.165, 1.54) is 6.07 Å². The highest BCUT2D eigenvalue weighted by Gasteiger charge is 2.49. The number of ether oxygens (including phenoxy) is 1. The van der Waals surface area contributed by atoms with Crippen LogP contribution in [0.4, 0.5) is 15.9 Å². The third-order valence-electron chi connectivity index (χ3n) is 6.68. The molecule has 10 heteroatoms. The number of carbonyl (C=O) groups is 1. The smallest absolute Gasteiger partial charge is 0.227 e. The minimum Gasteiger partial charge on any atom is -0.380 e. The van der Waals surface area contributed by atoms with Gasteiger partial charge in [-0.1, -0.05) is 0 Å². The number of pyridine rings is 1. The van der Waals surface area contributed by atoms with Gasteiger partial charge >= 0.3 is 0 Å². The average Bonchev–Trinajstić information content (AvgIpc) is 3.17. The number of anilines is 2. The third-order valence-corrected chi connectivity index (χ3v) is 6.68. The Bertz CT molecular complexity index is 1230. The summed E-state index contributed by atoms with van der Waals surface area (Å²) < 4.78 is 19.9. The van der Waals surface area contributed by atoms with Gasteiger partial charge in [0, 0.05) is 67.6 Å². The molecule has 3 aliphatic rings. The van der Waals surface area contributed by atoms with E-state index in [-0.39, 0.29) is 17.4 Å². The van der Waals surface area contributed by atoms with Gasteiger partial charge in [0.05, 0.1) is 30.6 Å². The van der Waals surface area contributed by atoms with Crippen LogP contribution in [-0.4, -0.2) is 57.1 Å². The van der Waals surface area contributed by atoms with Crippen LogP contribution in [0.15, 0.2) is 36.8 Å². The zero-order valence-corrected chi connectivity index (χ0v) is 18.1. The van der Waals surface area contributed by atoms with E-state index in [2.05, 4.69) is 24.9 Å². The molecule has 2 saturated heterocycles. The summed E-state index contributed by atoms with van der Waals surface area (Å²) in [6.07, 6.45) is 6.19. The predicted octanol–water partition coefficient (Wildman–Crippen LogP) is 2.34. The van der Waals surface area contributed by atoms with E-state index in [1.54, 1.807) is 35.6 Å². The lowest BCUT2D eigenvalue weighted by molar-refractivity contribution is -0.126. The maximum absolute atomic E-state index is 14.6. The third kappa shape index (κ3) is 3.41. The maximum Gasteiger partial charge on any atom is 0.227 e. The molecule has 9 nitrogen and oxygen atoms in total. The summed E-state index contributed by atoms with van der Waals surface area (Å²) in [5.74, 6) is 0.861. The van der Waals surface area contributed by atoms with Gasteiger partial charge in [-0.2, -0.15) is 4.39 Å². The second-order valence-corrected chi connectivity index (χ2v) is 8.94. The number of hydrogen-bond donors (Lipinski definition) is 0. The zero-order chi connectivity index (χ0) is 22.6. The van der Waals surface area contributed by atoms with Crippen molar-refractivity contribution < 1.29 is 13.9 Å². The van der Waals surface area contributed by atoms with Gasteiger partial charge in [0.15, 0.2) is 11.6 Å². The van der Waals surface area contributed by atoms with E-state index in [4.69, 9.17) is 4.74 Å². The first-order valence-corrected chi connectivity index (χ1v) is 11.0. The highest BCUT2D eigenvalue weighted by molar-refractivity contribution is 5.96. The lowest BCUT2D eigenvalue weighted by atomic mass is 9.85. The van der Waals surface area contributed by atoms with Crippen LogP contribution >= 0.6 is 0 Å². The molecule has 1 spiro atoms. The van der Waals surface area contributed by atoms with Crippen molar-refractivity contribution >= 4 is 17.4 Å². The number of hydrogen-bond acceptors (Lipinski definition) is 8. The van der Waals surface area contributed by atoms with E-state index in [0.717, 1.165) is 11.3 Å². The standard InChI is InChI=1S/C23H22FN7O2/c1-14-16-10-27-22(21-25-4-2-5-26-21)28-17(16)3-6-30(14)19-8-15(7-18(24)29-19)31-11-23(9-20(31)32)12-33-13-23/h2,4-5,7-8,10,14H,3,6,9,11-13H2,1H3. The van der Waals surface area contributed by atoms with Crippen LogP contribution < -0.4 is 9.80 Å². The molecule has 33 heavy (non-hydrogen) atoms. The molecule has 1 amide bonds. The maximum atomic E-state index is 14.6. The molecule has 0 aromatic carbocycles. The predicted molar refractivity (Wildman–Crippen MR) is 117 cm³/mol. The van der Waals surface area contributed by atoms with Crippen molar-refractivity contribution in [1.82, 2.24) is 24.9 Å². The number of carbonyl (C=O) groups excluding carboxylic acids is 1. The van der Waals surface area contributed by atoms with Crippen molar-refractivity contribution in [2.75, 3.05) is 36.1 Å². The largest absolute Gasteiger partial charge is 0.380 e. The molecule has 0 saturated carbocycles. The average molecular weight is 447 g/mol. The molecule has 1 unspecified atom stereocenters. The SMILES string of the molecule is CC1c2cnc(-c3ncccn3)nc2CCN1c1cc(N2CC3(COC3)CC2=O)cc(F)n1. The molecule has 0 bridgehead atoms. The van der Waals surface area contributed by atoms with Gasteiger partial charge in [0.1, 0.15) is 5.82 Å². The Morgan fingerprint density at radius 1 is 1.12 bits per heavy atom. The lowest BCUT2D eigenvalue weighted by Crippen LogP contribution is -2.44. The molecular weight excluding hydrogens is 425 g/mol. The number of amides is 1. The van der Waals surface area contributed by atoms with Gasteiger partial charge in [0.25, 0.3) is 0 Å². The van der Waals surface area contributed by atoms with Crippen LogP contribution in [-0.2, 0) is 16.0 Å². The fraction of sp³-hybridized carbons (Fsp3) is 0.391. The molecular formula is C23H22FN7O2. The van der Waals surface area contributed by atoms with Crippen LogP contribution in [0.2, 0.25) is 0 Å². The fourth-order valence-electron chi connectivity index (χ4n) is 4.89. The van der Waals surface area contributed by atoms with Gasteiger partial charge in [-0.25, -0.2) is 24.9 Å². The summed E-state index contributed by atoms with van der Waals surface area (Å²) in [6, 6.07) is 4.77. The van der Waals surface area contributed by atoms with Gasteiger partial charge in [-0.05, 0) is 13.0 Å². The van der Waals surface area contributed by atoms with Gasteiger partial charge < -0.3 is 14.5 Å². The normalized spacial score (nSPS) is 21.3. The fourth-order valence-corrected chi connectivity index (χ4v) is 4.89. The number of rotatable bonds is 3. The zero-order valence-electron chi connectivity index (χ0n) is 18.1. The van der Waals surface area contributed by atoms with Gasteiger partial charge in [0.2, 0.25) is 11.9 Å². The van der Waals surface area contributed by atoms with E-state index in [9.17, 15) is 9.18 Å². The monoisotopic (exact) mass is 447 g/mol. The van der Waals surface area contributed by atoms with Crippen molar-refractivity contribution in [3.63, 3.8) is 0 Å². The topological polar surface area (TPSA) is 97.2 Å². The Labute approximate surface area is 189 Å². The first-order chi connectivity index (χ1) is 16.0. The molecule has 1 atom stereocenters. The molecule has 6 heterocycles. The van der Waals surface area contributed by atoms with Crippen LogP contribution in [0.5, 0.6) is 0 Å². The lowest BCUT2D eigenvalue weighted by Gasteiger charge is -2.37. The van der Waals surface area contributed by atoms with Crippen molar-refractivity contribution in [2.45, 2.75) is 25.8 Å². The summed E-state index contributed by atoms with van der Waals surface area (Å²) in [6.45, 7) is 4.33. The molecule has 0 radical (unpaired) electrons. The minimum absolute atomic E-state index is 0.00375. The number of nitrogens with zero attached hydrogens (tertiary/aromatic N) is 7. The first kappa shape index (κ1) is 20.1. The Hall–Kier alpha value is -3.53. The van der Waals surface area contributed by atoms with Crippen LogP contribution in [0, 0.1) is 11.4 Å². The number of fused-ring (bicyclic) bond motifs is 1. The van der Waals surface area contributed by atoms with Crippen LogP contribution in [0.3, 0.4) is 0 Å². The van der Waals surface area contributed by atoms with E-state index >= 15 is 0 Å². The summed E-state index contributed by atoms with van der Waals surface area (Å²) in [4.78, 5) is 38.1. The van der Waals surface area contributed by atoms with E-state index < -0.39 is 5.95 Å². The molecule has 168 valence electrons. The summed E-state index contributed by atoms with van der Waals surface area (Å²) >= 11 is 0. The van der Waals surface area contributed by atoms with Crippen molar-refractivity contribution in [1.29, 1.82) is 0 Å². The van der Waals surface area contributed by atoms with Crippen molar-refractivity contribution in [3.8, 4) is 11.6 Å². The highest BCUT2D eigenvalue weighted by atomic mass is 19.1. The quantitative estimate of drug-likeness (QED) is 0.565. The second-order valence-electron chi connectivity index (χ2n) is 8.94. The minimum atomic E-state index is -0.605. The number of aromatic nitrogens is 5. The molecule has 3 aromatic heterocycles. The Kier molecular flexibility index (Phi) is 4.58. The van der Waals surface area contributed by atoms with Crippen molar-refractivity contribution in [2.24, 2.45) is 5.41 Å². The summed E-state index contributed by atoms with van der Waals surface area (Å²) in [5, 5.41) is 0. The number of halogens is 1. The van der Waals surface area contributed by atoms with E-state index in [1.807, 2.05) is 11.8 Å². The second kappa shape index (κ2) is 7.51. The van der Waals surface area contributed by atoms with Gasteiger partial charge in [-0.3, -0.25) is 4.79 Å². The molecule has 0 aliphatic carbocycles. The van der Waals surface area contributed by atoms with E-state index in [0.29, 0.717) is 62.3 Å². The Balaban J connectivity index is 1.29. The van der Waals surface area contributed by atoms with Crippen molar-refractivity contribution in [3.05, 3.63) is 54.0 Å².